The molecule has 11 heavy (non-hydrogen) atoms. The maximum absolute atomic E-state index is 10.6. The molecular weight excluding hydrogens is 140 g/mol. The second-order valence-electron chi connectivity index (χ2n) is 3.26. The van der Waals surface area contributed by atoms with Gasteiger partial charge in [0.2, 0.25) is 5.91 Å². The normalized spacial score (nSPS) is 13.2. The molecule has 3 N–H and O–H groups in total. The molecule has 0 saturated carbocycles. The van der Waals surface area contributed by atoms with Gasteiger partial charge in [-0.1, -0.05) is 13.8 Å². The van der Waals surface area contributed by atoms with E-state index >= 15 is 0 Å². The van der Waals surface area contributed by atoms with E-state index in [1.165, 1.54) is 6.92 Å². The van der Waals surface area contributed by atoms with Gasteiger partial charge in [0.05, 0.1) is 0 Å². The van der Waals surface area contributed by atoms with Crippen LogP contribution in [0.4, 0.5) is 0 Å². The zero-order chi connectivity index (χ0) is 8.85. The predicted octanol–water partition coefficient (Wildman–Crippen LogP) is 0.496. The highest BCUT2D eigenvalue weighted by Crippen LogP contribution is 2.02. The van der Waals surface area contributed by atoms with Gasteiger partial charge in [-0.15, -0.1) is 0 Å². The highest BCUT2D eigenvalue weighted by molar-refractivity contribution is 5.73. The topological polar surface area (TPSA) is 55.1 Å². The molecule has 3 nitrogen and oxygen atoms in total. The number of carbonyl (C=O) groups excluding carboxylic acids is 1. The van der Waals surface area contributed by atoms with Crippen LogP contribution >= 0.6 is 0 Å². The Bertz CT molecular complexity index is 123. The Morgan fingerprint density at radius 1 is 1.55 bits per heavy atom. The van der Waals surface area contributed by atoms with Gasteiger partial charge in [0.15, 0.2) is 0 Å². The first-order chi connectivity index (χ1) is 5.06. The molecule has 0 aromatic heterocycles. The molecule has 0 bridgehead atoms. The van der Waals surface area contributed by atoms with E-state index in [0.717, 1.165) is 6.42 Å². The number of nitrogens with one attached hydrogen (secondary N) is 1. The van der Waals surface area contributed by atoms with E-state index in [0.29, 0.717) is 12.5 Å². The lowest BCUT2D eigenvalue weighted by Crippen LogP contribution is -2.39. The molecule has 1 unspecified atom stereocenters. The second kappa shape index (κ2) is 5.13. The first-order valence-electron chi connectivity index (χ1n) is 4.03. The van der Waals surface area contributed by atoms with Crippen molar-refractivity contribution in [3.8, 4) is 0 Å². The maximum Gasteiger partial charge on any atom is 0.217 e. The Labute approximate surface area is 68.3 Å². The lowest BCUT2D eigenvalue weighted by Gasteiger charge is -2.17. The molecule has 0 aliphatic carbocycles. The van der Waals surface area contributed by atoms with E-state index in [4.69, 9.17) is 5.73 Å². The van der Waals surface area contributed by atoms with Crippen molar-refractivity contribution in [2.45, 2.75) is 33.2 Å². The maximum atomic E-state index is 10.6. The first-order valence-corrected chi connectivity index (χ1v) is 4.03. The summed E-state index contributed by atoms with van der Waals surface area (Å²) in [6.07, 6.45) is 0.954. The van der Waals surface area contributed by atoms with E-state index < -0.39 is 0 Å². The Morgan fingerprint density at radius 3 is 2.36 bits per heavy atom. The van der Waals surface area contributed by atoms with Crippen molar-refractivity contribution in [3.63, 3.8) is 0 Å². The number of hydrogen-bond donors (Lipinski definition) is 2. The lowest BCUT2D eigenvalue weighted by atomic mass is 10.0. The summed E-state index contributed by atoms with van der Waals surface area (Å²) in [6.45, 7) is 6.27. The summed E-state index contributed by atoms with van der Waals surface area (Å²) >= 11 is 0. The van der Waals surface area contributed by atoms with Crippen molar-refractivity contribution in [2.75, 3.05) is 6.54 Å². The average Bonchev–Trinajstić information content (AvgIpc) is 1.84. The summed E-state index contributed by atoms with van der Waals surface area (Å²) in [5.74, 6) is 0.580. The molecule has 0 fully saturated rings. The minimum atomic E-state index is 0.00102. The van der Waals surface area contributed by atoms with E-state index in [9.17, 15) is 4.79 Å². The van der Waals surface area contributed by atoms with Gasteiger partial charge in [-0.3, -0.25) is 4.79 Å². The van der Waals surface area contributed by atoms with Crippen LogP contribution in [0, 0.1) is 5.92 Å². The Balaban J connectivity index is 3.66. The molecule has 0 heterocycles. The third-order valence-corrected chi connectivity index (χ3v) is 1.45. The number of amides is 1. The molecule has 1 amide bonds. The summed E-state index contributed by atoms with van der Waals surface area (Å²) in [6, 6.07) is 0.146. The quantitative estimate of drug-likeness (QED) is 0.626. The fraction of sp³-hybridized carbons (Fsp3) is 0.875. The molecule has 1 atom stereocenters. The predicted molar refractivity (Wildman–Crippen MR) is 46.1 cm³/mol. The smallest absolute Gasteiger partial charge is 0.217 e. The molecule has 0 rings (SSSR count). The molecule has 0 aliphatic heterocycles. The van der Waals surface area contributed by atoms with Crippen LogP contribution in [0.3, 0.4) is 0 Å². The molecule has 0 spiro atoms. The van der Waals surface area contributed by atoms with Crippen LogP contribution in [0.25, 0.3) is 0 Å². The van der Waals surface area contributed by atoms with Gasteiger partial charge >= 0.3 is 0 Å². The summed E-state index contributed by atoms with van der Waals surface area (Å²) < 4.78 is 0. The van der Waals surface area contributed by atoms with E-state index in [2.05, 4.69) is 19.2 Å². The van der Waals surface area contributed by atoms with Crippen molar-refractivity contribution in [2.24, 2.45) is 11.7 Å². The van der Waals surface area contributed by atoms with E-state index in [1.54, 1.807) is 0 Å². The van der Waals surface area contributed by atoms with Gasteiger partial charge in [0, 0.05) is 19.5 Å². The highest BCUT2D eigenvalue weighted by atomic mass is 16.1. The third kappa shape index (κ3) is 5.85. The number of nitrogens with two attached hydrogens (primary N) is 1. The van der Waals surface area contributed by atoms with Crippen molar-refractivity contribution >= 4 is 5.91 Å². The summed E-state index contributed by atoms with van der Waals surface area (Å²) in [7, 11) is 0. The molecule has 0 aromatic rings. The van der Waals surface area contributed by atoms with Gasteiger partial charge in [0.25, 0.3) is 0 Å². The van der Waals surface area contributed by atoms with E-state index in [-0.39, 0.29) is 11.9 Å². The van der Waals surface area contributed by atoms with Crippen molar-refractivity contribution in [3.05, 3.63) is 0 Å². The zero-order valence-electron chi connectivity index (χ0n) is 7.55. The fourth-order valence-electron chi connectivity index (χ4n) is 1.07. The Morgan fingerprint density at radius 2 is 2.09 bits per heavy atom. The van der Waals surface area contributed by atoms with Crippen LogP contribution in [0.2, 0.25) is 0 Å². The van der Waals surface area contributed by atoms with Crippen LogP contribution in [0.15, 0.2) is 0 Å². The first kappa shape index (κ1) is 10.4. The van der Waals surface area contributed by atoms with Gasteiger partial charge in [-0.2, -0.15) is 0 Å². The van der Waals surface area contributed by atoms with Crippen LogP contribution in [0.1, 0.15) is 27.2 Å². The molecule has 66 valence electrons. The van der Waals surface area contributed by atoms with Gasteiger partial charge in [-0.25, -0.2) is 0 Å². The number of carbonyl (C=O) groups is 1. The number of hydrogen-bond acceptors (Lipinski definition) is 2. The molecular formula is C8H18N2O. The van der Waals surface area contributed by atoms with Gasteiger partial charge in [-0.05, 0) is 12.3 Å². The molecule has 0 aromatic carbocycles. The minimum absolute atomic E-state index is 0.00102. The SMILES string of the molecule is CC(=O)NC(CN)CC(C)C. The second-order valence-corrected chi connectivity index (χ2v) is 3.26. The van der Waals surface area contributed by atoms with Gasteiger partial charge < -0.3 is 11.1 Å². The fourth-order valence-corrected chi connectivity index (χ4v) is 1.07. The average molecular weight is 158 g/mol. The highest BCUT2D eigenvalue weighted by Gasteiger charge is 2.08. The summed E-state index contributed by atoms with van der Waals surface area (Å²) in [5.41, 5.74) is 5.45. The van der Waals surface area contributed by atoms with Crippen molar-refractivity contribution in [1.29, 1.82) is 0 Å². The summed E-state index contributed by atoms with van der Waals surface area (Å²) in [5, 5.41) is 2.80. The molecule has 0 aliphatic rings. The Kier molecular flexibility index (Phi) is 4.86. The van der Waals surface area contributed by atoms with Crippen molar-refractivity contribution < 1.29 is 4.79 Å². The van der Waals surface area contributed by atoms with Crippen LogP contribution < -0.4 is 11.1 Å². The molecule has 0 saturated heterocycles. The van der Waals surface area contributed by atoms with Crippen LogP contribution in [-0.2, 0) is 4.79 Å². The van der Waals surface area contributed by atoms with Gasteiger partial charge in [0.1, 0.15) is 0 Å². The van der Waals surface area contributed by atoms with Crippen molar-refractivity contribution in [1.82, 2.24) is 5.32 Å². The largest absolute Gasteiger partial charge is 0.352 e. The molecule has 0 radical (unpaired) electrons. The standard InChI is InChI=1S/C8H18N2O/c1-6(2)4-8(5-9)10-7(3)11/h6,8H,4-5,9H2,1-3H3,(H,10,11). The zero-order valence-corrected chi connectivity index (χ0v) is 7.55. The number of rotatable bonds is 4. The summed E-state index contributed by atoms with van der Waals surface area (Å²) in [4.78, 5) is 10.6. The monoisotopic (exact) mass is 158 g/mol. The van der Waals surface area contributed by atoms with Crippen LogP contribution in [0.5, 0.6) is 0 Å². The van der Waals surface area contributed by atoms with E-state index in [1.807, 2.05) is 0 Å². The minimum Gasteiger partial charge on any atom is -0.352 e. The Hall–Kier alpha value is -0.570. The third-order valence-electron chi connectivity index (χ3n) is 1.45. The molecule has 3 heteroatoms. The van der Waals surface area contributed by atoms with Crippen LogP contribution in [-0.4, -0.2) is 18.5 Å². The lowest BCUT2D eigenvalue weighted by molar-refractivity contribution is -0.119.